The van der Waals surface area contributed by atoms with Crippen molar-refractivity contribution in [2.75, 3.05) is 60.0 Å². The number of methoxy groups -OCH3 is 1. The molecule has 1 aliphatic rings. The fraction of sp³-hybridized carbons (Fsp3) is 0.621. The summed E-state index contributed by atoms with van der Waals surface area (Å²) in [6, 6.07) is 2.21. The first kappa shape index (κ1) is 39.0. The van der Waals surface area contributed by atoms with Crippen molar-refractivity contribution in [1.29, 1.82) is 0 Å². The van der Waals surface area contributed by atoms with Crippen LogP contribution in [0.4, 0.5) is 29.2 Å². The number of hydrogen-bond donors (Lipinski definition) is 2. The molecule has 0 spiro atoms. The van der Waals surface area contributed by atoms with Gasteiger partial charge in [-0.15, -0.1) is 0 Å². The molecule has 1 saturated carbocycles. The molecular formula is C29H46F4N6O4S. The minimum atomic E-state index is -4.71. The van der Waals surface area contributed by atoms with Gasteiger partial charge in [-0.05, 0) is 59.4 Å². The number of halogens is 4. The van der Waals surface area contributed by atoms with Crippen LogP contribution >= 0.6 is 0 Å². The second-order valence-electron chi connectivity index (χ2n) is 10.3. The SMILES string of the molecule is CC.CN(C)S(C)=O.COc1cc(C(=O)NCCN(C)C)c(F)cc1Nc1ncc(C(F)(F)F)c(OC2CCCC[C@H]2C)n1. The highest BCUT2D eigenvalue weighted by Crippen LogP contribution is 2.38. The minimum Gasteiger partial charge on any atom is -0.495 e. The molecule has 2 aromatic rings. The Morgan fingerprint density at radius 3 is 2.27 bits per heavy atom. The number of likely N-dealkylation sites (N-methyl/N-ethyl adjacent to an activating group) is 1. The summed E-state index contributed by atoms with van der Waals surface area (Å²) < 4.78 is 78.4. The molecule has 1 aromatic carbocycles. The number of anilines is 2. The lowest BCUT2D eigenvalue weighted by molar-refractivity contribution is -0.140. The van der Waals surface area contributed by atoms with E-state index in [1.54, 1.807) is 24.7 Å². The first-order valence-electron chi connectivity index (χ1n) is 14.3. The van der Waals surface area contributed by atoms with E-state index in [2.05, 4.69) is 20.6 Å². The van der Waals surface area contributed by atoms with Crippen molar-refractivity contribution in [3.63, 3.8) is 0 Å². The first-order chi connectivity index (χ1) is 20.6. The number of amides is 1. The third kappa shape index (κ3) is 12.5. The second kappa shape index (κ2) is 18.7. The molecule has 0 radical (unpaired) electrons. The summed E-state index contributed by atoms with van der Waals surface area (Å²) in [5, 5.41) is 5.30. The molecule has 44 heavy (non-hydrogen) atoms. The van der Waals surface area contributed by atoms with E-state index in [1.807, 2.05) is 39.8 Å². The predicted molar refractivity (Wildman–Crippen MR) is 165 cm³/mol. The van der Waals surface area contributed by atoms with Gasteiger partial charge in [0.2, 0.25) is 11.8 Å². The molecule has 2 unspecified atom stereocenters. The normalized spacial score (nSPS) is 17.1. The van der Waals surface area contributed by atoms with Gasteiger partial charge in [0.05, 0.1) is 29.3 Å². The Morgan fingerprint density at radius 1 is 1.14 bits per heavy atom. The number of carbonyl (C=O) groups excluding carboxylic acids is 1. The number of nitrogens with zero attached hydrogens (tertiary/aromatic N) is 4. The largest absolute Gasteiger partial charge is 0.495 e. The zero-order chi connectivity index (χ0) is 33.6. The lowest BCUT2D eigenvalue weighted by Gasteiger charge is -2.29. The fourth-order valence-electron chi connectivity index (χ4n) is 3.91. The molecule has 15 heteroatoms. The molecule has 10 nitrogen and oxygen atoms in total. The standard InChI is InChI=1S/C24H31F4N5O3.C3H9NOS.C2H6/c1-14-7-5-6-8-19(14)36-22-16(24(26,27)28)13-30-23(32-22)31-18-12-17(25)15(11-20(18)35-4)21(34)29-9-10-33(2)3;1-4(2)6(3)5;1-2/h11-14,19H,5-10H2,1-4H3,(H,29,34)(H,30,31,32);1-3H3;1-2H3/t14-,19?;;/m1../s1. The molecule has 1 heterocycles. The van der Waals surface area contributed by atoms with E-state index >= 15 is 0 Å². The highest BCUT2D eigenvalue weighted by molar-refractivity contribution is 7.81. The van der Waals surface area contributed by atoms with Crippen molar-refractivity contribution in [3.05, 3.63) is 35.3 Å². The average molecular weight is 651 g/mol. The minimum absolute atomic E-state index is 0.0385. The Bertz CT molecular complexity index is 1220. The van der Waals surface area contributed by atoms with Gasteiger partial charge in [0.15, 0.2) is 0 Å². The number of nitrogens with one attached hydrogen (secondary N) is 2. The maximum atomic E-state index is 14.8. The summed E-state index contributed by atoms with van der Waals surface area (Å²) in [5.74, 6) is -2.13. The maximum absolute atomic E-state index is 14.8. The van der Waals surface area contributed by atoms with Gasteiger partial charge in [0.25, 0.3) is 5.91 Å². The number of aromatic nitrogens is 2. The van der Waals surface area contributed by atoms with Crippen molar-refractivity contribution in [2.45, 2.75) is 58.7 Å². The Hall–Kier alpha value is -3.04. The molecule has 3 rings (SSSR count). The number of carbonyl (C=O) groups is 1. The molecule has 0 aliphatic heterocycles. The van der Waals surface area contributed by atoms with Crippen molar-refractivity contribution in [3.8, 4) is 11.6 Å². The van der Waals surface area contributed by atoms with Crippen molar-refractivity contribution < 1.29 is 36.0 Å². The van der Waals surface area contributed by atoms with Gasteiger partial charge in [-0.2, -0.15) is 18.2 Å². The fourth-order valence-corrected chi connectivity index (χ4v) is 3.91. The van der Waals surface area contributed by atoms with Crippen LogP contribution < -0.4 is 20.1 Å². The Labute approximate surface area is 260 Å². The van der Waals surface area contributed by atoms with Crippen LogP contribution in [0.25, 0.3) is 0 Å². The number of benzene rings is 1. The van der Waals surface area contributed by atoms with Crippen LogP contribution in [0.5, 0.6) is 11.6 Å². The van der Waals surface area contributed by atoms with E-state index in [0.29, 0.717) is 25.7 Å². The zero-order valence-electron chi connectivity index (χ0n) is 27.0. The van der Waals surface area contributed by atoms with Crippen LogP contribution in [0.1, 0.15) is 62.4 Å². The van der Waals surface area contributed by atoms with Crippen LogP contribution in [0.3, 0.4) is 0 Å². The van der Waals surface area contributed by atoms with E-state index in [4.69, 9.17) is 9.47 Å². The maximum Gasteiger partial charge on any atom is 0.423 e. The van der Waals surface area contributed by atoms with Gasteiger partial charge < -0.3 is 25.0 Å². The number of hydrogen-bond acceptors (Lipinski definition) is 8. The van der Waals surface area contributed by atoms with Gasteiger partial charge >= 0.3 is 6.18 Å². The molecule has 2 N–H and O–H groups in total. The summed E-state index contributed by atoms with van der Waals surface area (Å²) in [6.45, 7) is 6.82. The highest BCUT2D eigenvalue weighted by atomic mass is 32.2. The summed E-state index contributed by atoms with van der Waals surface area (Å²) >= 11 is 0. The predicted octanol–water partition coefficient (Wildman–Crippen LogP) is 5.50. The Morgan fingerprint density at radius 2 is 1.75 bits per heavy atom. The van der Waals surface area contributed by atoms with Crippen molar-refractivity contribution >= 4 is 28.5 Å². The van der Waals surface area contributed by atoms with Gasteiger partial charge in [-0.1, -0.05) is 27.2 Å². The first-order valence-corrected chi connectivity index (χ1v) is 15.8. The number of ether oxygens (including phenoxy) is 2. The van der Waals surface area contributed by atoms with Gasteiger partial charge in [0.1, 0.15) is 23.2 Å². The quantitative estimate of drug-likeness (QED) is 0.325. The van der Waals surface area contributed by atoms with E-state index < -0.39 is 46.4 Å². The molecule has 1 amide bonds. The summed E-state index contributed by atoms with van der Waals surface area (Å²) in [4.78, 5) is 22.0. The van der Waals surface area contributed by atoms with Crippen LogP contribution in [0.2, 0.25) is 0 Å². The van der Waals surface area contributed by atoms with Gasteiger partial charge in [-0.3, -0.25) is 4.79 Å². The van der Waals surface area contributed by atoms with Crippen molar-refractivity contribution in [1.82, 2.24) is 24.5 Å². The molecule has 1 aromatic heterocycles. The lowest BCUT2D eigenvalue weighted by Crippen LogP contribution is -2.31. The highest BCUT2D eigenvalue weighted by Gasteiger charge is 2.38. The lowest BCUT2D eigenvalue weighted by atomic mass is 9.88. The van der Waals surface area contributed by atoms with Crippen LogP contribution in [-0.2, 0) is 17.2 Å². The van der Waals surface area contributed by atoms with E-state index in [9.17, 15) is 26.6 Å². The number of rotatable bonds is 10. The van der Waals surface area contributed by atoms with Gasteiger partial charge in [0, 0.05) is 31.6 Å². The molecule has 3 atom stereocenters. The molecule has 1 fully saturated rings. The summed E-state index contributed by atoms with van der Waals surface area (Å²) in [6.07, 6.45) is 0.498. The topological polar surface area (TPSA) is 109 Å². The summed E-state index contributed by atoms with van der Waals surface area (Å²) in [7, 11) is 7.76. The van der Waals surface area contributed by atoms with Crippen molar-refractivity contribution in [2.24, 2.45) is 5.92 Å². The van der Waals surface area contributed by atoms with E-state index in [0.717, 1.165) is 25.3 Å². The third-order valence-corrected chi connectivity index (χ3v) is 7.52. The van der Waals surface area contributed by atoms with Gasteiger partial charge in [-0.25, -0.2) is 17.9 Å². The summed E-state index contributed by atoms with van der Waals surface area (Å²) in [5.41, 5.74) is -1.29. The van der Waals surface area contributed by atoms with Crippen LogP contribution in [0.15, 0.2) is 18.3 Å². The molecule has 250 valence electrons. The molecule has 0 bridgehead atoms. The number of alkyl halides is 3. The van der Waals surface area contributed by atoms with E-state index in [1.165, 1.54) is 13.2 Å². The van der Waals surface area contributed by atoms with Crippen LogP contribution in [0, 0.1) is 11.7 Å². The zero-order valence-corrected chi connectivity index (χ0v) is 27.8. The third-order valence-electron chi connectivity index (χ3n) is 6.49. The monoisotopic (exact) mass is 650 g/mol. The average Bonchev–Trinajstić information content (AvgIpc) is 2.95. The smallest absolute Gasteiger partial charge is 0.423 e. The molecule has 1 aliphatic carbocycles. The van der Waals surface area contributed by atoms with E-state index in [-0.39, 0.29) is 28.9 Å². The Balaban J connectivity index is 0.00000108. The Kier molecular flexibility index (Phi) is 16.6. The second-order valence-corrected chi connectivity index (χ2v) is 11.9. The van der Waals surface area contributed by atoms with Crippen LogP contribution in [-0.4, -0.2) is 90.0 Å². The molecule has 0 saturated heterocycles. The molecular weight excluding hydrogens is 604 g/mol.